The van der Waals surface area contributed by atoms with Crippen LogP contribution in [0.1, 0.15) is 24.0 Å². The number of hydrogen-bond acceptors (Lipinski definition) is 6. The smallest absolute Gasteiger partial charge is 0.870 e. The van der Waals surface area contributed by atoms with Crippen molar-refractivity contribution in [1.29, 1.82) is 0 Å². The number of carbonyl (C=O) groups is 1. The van der Waals surface area contributed by atoms with Crippen molar-refractivity contribution in [3.05, 3.63) is 108 Å². The van der Waals surface area contributed by atoms with Crippen LogP contribution in [0.2, 0.25) is 0 Å². The van der Waals surface area contributed by atoms with Gasteiger partial charge in [-0.05, 0) is 22.8 Å². The second-order valence-corrected chi connectivity index (χ2v) is 9.20. The number of pyridine rings is 1. The first-order valence-electron chi connectivity index (χ1n) is 12.1. The van der Waals surface area contributed by atoms with Gasteiger partial charge in [-0.15, -0.1) is 5.41 Å². The Morgan fingerprint density at radius 1 is 0.923 bits per heavy atom. The van der Waals surface area contributed by atoms with Gasteiger partial charge in [0.25, 0.3) is 0 Å². The zero-order chi connectivity index (χ0) is 25.2. The topological polar surface area (TPSA) is 111 Å². The molecule has 5 aromatic rings. The van der Waals surface area contributed by atoms with Crippen LogP contribution >= 0.6 is 0 Å². The Morgan fingerprint density at radius 3 is 2.21 bits per heavy atom. The zero-order valence-corrected chi connectivity index (χ0v) is 23.4. The number of nitrogens with one attached hydrogen (secondary N) is 1. The van der Waals surface area contributed by atoms with E-state index in [-0.39, 0.29) is 41.6 Å². The number of anilines is 1. The molecule has 6 rings (SSSR count). The van der Waals surface area contributed by atoms with Crippen molar-refractivity contribution in [1.82, 2.24) is 4.98 Å². The number of amides is 1. The molecule has 1 aliphatic rings. The predicted octanol–water partition coefficient (Wildman–Crippen LogP) is 3.88. The van der Waals surface area contributed by atoms with E-state index in [9.17, 15) is 9.59 Å². The molecule has 190 valence electrons. The molecule has 0 aliphatic heterocycles. The number of hydrogen-bond donors (Lipinski definition) is 1. The maximum Gasteiger partial charge on any atom is 1.00 e. The normalized spacial score (nSPS) is 13.0. The molecule has 0 atom stereocenters. The Hall–Kier alpha value is -3.75. The molecule has 7 nitrogen and oxygen atoms in total. The van der Waals surface area contributed by atoms with Gasteiger partial charge in [0, 0.05) is 17.1 Å². The largest absolute Gasteiger partial charge is 1.00 e. The SMILES string of the molecule is O=[C-]C1(c2ccc(-c3ccc(-c4oc5cnccc5c4NC(=O)OCc4ccccc4)cc3)cc2)CC1.[Na+].[OH-]. The van der Waals surface area contributed by atoms with E-state index in [4.69, 9.17) is 9.15 Å². The van der Waals surface area contributed by atoms with E-state index >= 15 is 0 Å². The average molecular weight is 528 g/mol. The molecule has 0 saturated heterocycles. The van der Waals surface area contributed by atoms with Gasteiger partial charge in [-0.3, -0.25) is 16.6 Å². The second kappa shape index (κ2) is 12.0. The third-order valence-electron chi connectivity index (χ3n) is 6.80. The van der Waals surface area contributed by atoms with Crippen LogP contribution < -0.4 is 34.9 Å². The van der Waals surface area contributed by atoms with Crippen LogP contribution in [0.4, 0.5) is 10.5 Å². The molecule has 8 heteroatoms. The molecular formula is C31H24N2NaO5-. The van der Waals surface area contributed by atoms with Crippen molar-refractivity contribution in [2.24, 2.45) is 0 Å². The van der Waals surface area contributed by atoms with E-state index in [1.807, 2.05) is 78.9 Å². The monoisotopic (exact) mass is 527 g/mol. The Morgan fingerprint density at radius 2 is 1.56 bits per heavy atom. The molecule has 39 heavy (non-hydrogen) atoms. The standard InChI is InChI=1S/C31H23N2O4.Na.H2O/c34-20-31(15-16-31)25-12-10-23(11-13-25)22-6-8-24(9-7-22)29-28(26-14-17-32-18-27(26)37-29)33-30(35)36-19-21-4-2-1-3-5-21;;/h1-14,17-18H,15-16,19H2,(H,33,35);;1H2/q-1;+1;/p-1. The number of furan rings is 1. The van der Waals surface area contributed by atoms with Crippen molar-refractivity contribution in [2.75, 3.05) is 5.32 Å². The first-order valence-corrected chi connectivity index (χ1v) is 12.1. The number of carbonyl (C=O) groups excluding carboxylic acids is 2. The Kier molecular flexibility index (Phi) is 8.67. The molecule has 2 heterocycles. The molecule has 0 spiro atoms. The molecular weight excluding hydrogens is 503 g/mol. The molecule has 0 unspecified atom stereocenters. The quantitative estimate of drug-likeness (QED) is 0.254. The van der Waals surface area contributed by atoms with E-state index in [0.29, 0.717) is 17.0 Å². The molecule has 1 fully saturated rings. The van der Waals surface area contributed by atoms with Gasteiger partial charge in [-0.2, -0.15) is 0 Å². The summed E-state index contributed by atoms with van der Waals surface area (Å²) in [4.78, 5) is 28.1. The van der Waals surface area contributed by atoms with Crippen molar-refractivity contribution in [3.63, 3.8) is 0 Å². The third kappa shape index (κ3) is 5.82. The molecule has 0 bridgehead atoms. The summed E-state index contributed by atoms with van der Waals surface area (Å²) in [5.74, 6) is 0.527. The summed E-state index contributed by atoms with van der Waals surface area (Å²) in [5, 5.41) is 3.60. The minimum absolute atomic E-state index is 0. The summed E-state index contributed by atoms with van der Waals surface area (Å²) in [7, 11) is 0. The van der Waals surface area contributed by atoms with Gasteiger partial charge in [0.2, 0.25) is 0 Å². The van der Waals surface area contributed by atoms with Crippen molar-refractivity contribution >= 4 is 29.0 Å². The fourth-order valence-corrected chi connectivity index (χ4v) is 4.51. The number of aromatic nitrogens is 1. The number of ether oxygens (including phenoxy) is 1. The van der Waals surface area contributed by atoms with Crippen LogP contribution in [0.15, 0.2) is 102 Å². The summed E-state index contributed by atoms with van der Waals surface area (Å²) in [6.07, 6.45) is 6.65. The maximum absolute atomic E-state index is 12.7. The molecule has 1 aliphatic carbocycles. The molecule has 2 aromatic heterocycles. The van der Waals surface area contributed by atoms with Crippen LogP contribution in [0, 0.1) is 0 Å². The van der Waals surface area contributed by atoms with E-state index in [2.05, 4.69) is 16.6 Å². The number of rotatable bonds is 7. The third-order valence-corrected chi connectivity index (χ3v) is 6.80. The number of benzene rings is 3. The summed E-state index contributed by atoms with van der Waals surface area (Å²) in [6.45, 7) is 0.166. The van der Waals surface area contributed by atoms with Gasteiger partial charge < -0.3 is 19.4 Å². The van der Waals surface area contributed by atoms with E-state index in [1.165, 1.54) is 0 Å². The zero-order valence-electron chi connectivity index (χ0n) is 21.4. The number of nitrogens with zero attached hydrogens (tertiary/aromatic N) is 1. The Balaban J connectivity index is 0.00000176. The summed E-state index contributed by atoms with van der Waals surface area (Å²) >= 11 is 0. The first kappa shape index (κ1) is 28.3. The van der Waals surface area contributed by atoms with Gasteiger partial charge in [-0.25, -0.2) is 4.79 Å². The minimum Gasteiger partial charge on any atom is -0.870 e. The van der Waals surface area contributed by atoms with E-state index < -0.39 is 11.5 Å². The van der Waals surface area contributed by atoms with Crippen LogP contribution in [0.25, 0.3) is 33.4 Å². The van der Waals surface area contributed by atoms with Crippen LogP contribution in [-0.2, 0) is 21.6 Å². The molecule has 0 radical (unpaired) electrons. The fourth-order valence-electron chi connectivity index (χ4n) is 4.51. The van der Waals surface area contributed by atoms with Crippen molar-refractivity contribution in [2.45, 2.75) is 24.9 Å². The summed E-state index contributed by atoms with van der Waals surface area (Å²) in [5.41, 5.74) is 5.52. The Labute approximate surface area is 247 Å². The van der Waals surface area contributed by atoms with Crippen LogP contribution in [-0.4, -0.2) is 22.8 Å². The van der Waals surface area contributed by atoms with Gasteiger partial charge in [0.1, 0.15) is 6.61 Å². The van der Waals surface area contributed by atoms with Gasteiger partial charge >= 0.3 is 35.7 Å². The first-order chi connectivity index (χ1) is 18.1. The minimum atomic E-state index is -0.567. The van der Waals surface area contributed by atoms with Gasteiger partial charge in [0.05, 0.1) is 11.9 Å². The van der Waals surface area contributed by atoms with Crippen LogP contribution in [0.3, 0.4) is 0 Å². The molecule has 1 amide bonds. The summed E-state index contributed by atoms with van der Waals surface area (Å²) in [6, 6.07) is 27.3. The fraction of sp³-hybridized carbons (Fsp3) is 0.129. The second-order valence-electron chi connectivity index (χ2n) is 9.20. The van der Waals surface area contributed by atoms with Gasteiger partial charge in [-0.1, -0.05) is 97.3 Å². The maximum atomic E-state index is 12.7. The Bertz CT molecular complexity index is 1580. The predicted molar refractivity (Wildman–Crippen MR) is 144 cm³/mol. The van der Waals surface area contributed by atoms with Crippen molar-refractivity contribution < 1.29 is 53.8 Å². The van der Waals surface area contributed by atoms with Crippen LogP contribution in [0.5, 0.6) is 0 Å². The summed E-state index contributed by atoms with van der Waals surface area (Å²) < 4.78 is 11.5. The number of fused-ring (bicyclic) bond motifs is 1. The molecule has 1 saturated carbocycles. The van der Waals surface area contributed by atoms with E-state index in [0.717, 1.165) is 46.0 Å². The average Bonchev–Trinajstić information content (AvgIpc) is 3.68. The van der Waals surface area contributed by atoms with E-state index in [1.54, 1.807) is 18.5 Å². The molecule has 3 aromatic carbocycles. The van der Waals surface area contributed by atoms with Crippen molar-refractivity contribution in [3.8, 4) is 22.5 Å². The molecule has 2 N–H and O–H groups in total. The van der Waals surface area contributed by atoms with Gasteiger partial charge in [0.15, 0.2) is 11.3 Å².